The number of aryl methyl sites for hydroxylation is 1. The number of para-hydroxylation sites is 2. The minimum absolute atomic E-state index is 0.0783. The summed E-state index contributed by atoms with van der Waals surface area (Å²) in [5, 5.41) is 2.88. The van der Waals surface area contributed by atoms with Crippen LogP contribution in [0.25, 0.3) is 0 Å². The highest BCUT2D eigenvalue weighted by Gasteiger charge is 2.25. The number of esters is 1. The summed E-state index contributed by atoms with van der Waals surface area (Å²) in [4.78, 5) is 25.5. The standard InChI is InChI=1S/C18H18N2O3/c1-13-6-8-14(9-7-13)10-19-17(21)11-20-12-18(22)23-16-5-3-2-4-15(16)20/h2-9H,10-12H2,1H3,(H,19,21). The fourth-order valence-corrected chi connectivity index (χ4v) is 2.48. The normalized spacial score (nSPS) is 13.3. The third-order valence-electron chi connectivity index (χ3n) is 3.69. The quantitative estimate of drug-likeness (QED) is 0.693. The molecule has 118 valence electrons. The largest absolute Gasteiger partial charge is 0.423 e. The van der Waals surface area contributed by atoms with E-state index in [1.165, 1.54) is 5.56 Å². The average Bonchev–Trinajstić information content (AvgIpc) is 2.54. The van der Waals surface area contributed by atoms with Crippen molar-refractivity contribution in [2.24, 2.45) is 0 Å². The number of nitrogens with one attached hydrogen (secondary N) is 1. The van der Waals surface area contributed by atoms with Crippen LogP contribution in [0.3, 0.4) is 0 Å². The molecule has 3 rings (SSSR count). The van der Waals surface area contributed by atoms with Crippen LogP contribution in [0.15, 0.2) is 48.5 Å². The zero-order valence-corrected chi connectivity index (χ0v) is 12.9. The number of anilines is 1. The van der Waals surface area contributed by atoms with E-state index in [-0.39, 0.29) is 25.0 Å². The van der Waals surface area contributed by atoms with Gasteiger partial charge in [0.2, 0.25) is 5.91 Å². The van der Waals surface area contributed by atoms with E-state index in [9.17, 15) is 9.59 Å². The summed E-state index contributed by atoms with van der Waals surface area (Å²) in [5.41, 5.74) is 2.99. The van der Waals surface area contributed by atoms with Crippen molar-refractivity contribution in [3.8, 4) is 5.75 Å². The highest BCUT2D eigenvalue weighted by atomic mass is 16.5. The summed E-state index contributed by atoms with van der Waals surface area (Å²) < 4.78 is 5.17. The van der Waals surface area contributed by atoms with Gasteiger partial charge in [-0.05, 0) is 24.6 Å². The van der Waals surface area contributed by atoms with Crippen LogP contribution >= 0.6 is 0 Å². The van der Waals surface area contributed by atoms with Gasteiger partial charge in [0, 0.05) is 6.54 Å². The Labute approximate surface area is 134 Å². The number of hydrogen-bond acceptors (Lipinski definition) is 4. The first-order chi connectivity index (χ1) is 11.1. The number of hydrogen-bond donors (Lipinski definition) is 1. The lowest BCUT2D eigenvalue weighted by molar-refractivity contribution is -0.133. The first-order valence-corrected chi connectivity index (χ1v) is 7.49. The fraction of sp³-hybridized carbons (Fsp3) is 0.222. The summed E-state index contributed by atoms with van der Waals surface area (Å²) >= 11 is 0. The molecule has 0 saturated heterocycles. The summed E-state index contributed by atoms with van der Waals surface area (Å²) in [5.74, 6) is 0.0141. The van der Waals surface area contributed by atoms with Crippen LogP contribution in [-0.4, -0.2) is 25.0 Å². The van der Waals surface area contributed by atoms with Gasteiger partial charge in [0.15, 0.2) is 5.75 Å². The number of nitrogens with zero attached hydrogens (tertiary/aromatic N) is 1. The van der Waals surface area contributed by atoms with Crippen LogP contribution in [0.4, 0.5) is 5.69 Å². The second-order valence-corrected chi connectivity index (χ2v) is 5.56. The summed E-state index contributed by atoms with van der Waals surface area (Å²) in [6.45, 7) is 2.70. The molecule has 1 amide bonds. The van der Waals surface area contributed by atoms with Crippen molar-refractivity contribution in [1.82, 2.24) is 5.32 Å². The first-order valence-electron chi connectivity index (χ1n) is 7.49. The summed E-state index contributed by atoms with van der Waals surface area (Å²) in [6, 6.07) is 15.2. The van der Waals surface area contributed by atoms with E-state index < -0.39 is 0 Å². The van der Waals surface area contributed by atoms with E-state index in [0.29, 0.717) is 12.3 Å². The second-order valence-electron chi connectivity index (χ2n) is 5.56. The predicted octanol–water partition coefficient (Wildman–Crippen LogP) is 2.04. The van der Waals surface area contributed by atoms with E-state index in [2.05, 4.69) is 5.32 Å². The van der Waals surface area contributed by atoms with Crippen molar-refractivity contribution < 1.29 is 14.3 Å². The SMILES string of the molecule is Cc1ccc(CNC(=O)CN2CC(=O)Oc3ccccc32)cc1. The molecule has 0 atom stereocenters. The minimum atomic E-state index is -0.352. The Morgan fingerprint density at radius 3 is 2.70 bits per heavy atom. The lowest BCUT2D eigenvalue weighted by Crippen LogP contribution is -2.43. The van der Waals surface area contributed by atoms with E-state index in [1.54, 1.807) is 17.0 Å². The molecule has 0 aromatic heterocycles. The zero-order chi connectivity index (χ0) is 16.2. The van der Waals surface area contributed by atoms with Crippen molar-refractivity contribution in [3.05, 3.63) is 59.7 Å². The molecule has 0 unspecified atom stereocenters. The Bertz CT molecular complexity index is 725. The van der Waals surface area contributed by atoms with Crippen LogP contribution in [0.1, 0.15) is 11.1 Å². The van der Waals surface area contributed by atoms with Crippen molar-refractivity contribution in [2.75, 3.05) is 18.0 Å². The number of carbonyl (C=O) groups excluding carboxylic acids is 2. The molecule has 23 heavy (non-hydrogen) atoms. The lowest BCUT2D eigenvalue weighted by Gasteiger charge is -2.29. The number of carbonyl (C=O) groups is 2. The Hall–Kier alpha value is -2.82. The summed E-state index contributed by atoms with van der Waals surface area (Å²) in [6.07, 6.45) is 0. The van der Waals surface area contributed by atoms with Crippen molar-refractivity contribution >= 4 is 17.6 Å². The Morgan fingerprint density at radius 2 is 1.91 bits per heavy atom. The molecule has 0 spiro atoms. The molecule has 0 saturated carbocycles. The number of amides is 1. The maximum absolute atomic E-state index is 12.2. The van der Waals surface area contributed by atoms with Gasteiger partial charge in [0.05, 0.1) is 12.2 Å². The molecule has 1 aliphatic rings. The molecule has 5 nitrogen and oxygen atoms in total. The smallest absolute Gasteiger partial charge is 0.331 e. The van der Waals surface area contributed by atoms with Crippen LogP contribution in [0.2, 0.25) is 0 Å². The van der Waals surface area contributed by atoms with Crippen LogP contribution < -0.4 is 15.0 Å². The van der Waals surface area contributed by atoms with E-state index >= 15 is 0 Å². The molecular weight excluding hydrogens is 292 g/mol. The van der Waals surface area contributed by atoms with Gasteiger partial charge in [-0.15, -0.1) is 0 Å². The van der Waals surface area contributed by atoms with Crippen molar-refractivity contribution in [3.63, 3.8) is 0 Å². The molecule has 1 heterocycles. The second kappa shape index (κ2) is 6.52. The molecule has 1 N–H and O–H groups in total. The summed E-state index contributed by atoms with van der Waals surface area (Å²) in [7, 11) is 0. The van der Waals surface area contributed by atoms with Gasteiger partial charge in [-0.1, -0.05) is 42.0 Å². The molecule has 2 aromatic rings. The molecular formula is C18H18N2O3. The number of benzene rings is 2. The Kier molecular flexibility index (Phi) is 4.28. The van der Waals surface area contributed by atoms with Crippen molar-refractivity contribution in [1.29, 1.82) is 0 Å². The van der Waals surface area contributed by atoms with Gasteiger partial charge >= 0.3 is 5.97 Å². The van der Waals surface area contributed by atoms with Crippen molar-refractivity contribution in [2.45, 2.75) is 13.5 Å². The number of rotatable bonds is 4. The fourth-order valence-electron chi connectivity index (χ4n) is 2.48. The monoisotopic (exact) mass is 310 g/mol. The molecule has 0 fully saturated rings. The minimum Gasteiger partial charge on any atom is -0.423 e. The van der Waals surface area contributed by atoms with E-state index in [1.807, 2.05) is 43.3 Å². The Balaban J connectivity index is 1.61. The van der Waals surface area contributed by atoms with E-state index in [4.69, 9.17) is 4.74 Å². The molecule has 0 radical (unpaired) electrons. The maximum atomic E-state index is 12.2. The molecule has 0 bridgehead atoms. The maximum Gasteiger partial charge on any atom is 0.331 e. The predicted molar refractivity (Wildman–Crippen MR) is 87.3 cm³/mol. The van der Waals surface area contributed by atoms with Gasteiger partial charge in [-0.2, -0.15) is 0 Å². The lowest BCUT2D eigenvalue weighted by atomic mass is 10.1. The highest BCUT2D eigenvalue weighted by Crippen LogP contribution is 2.30. The van der Waals surface area contributed by atoms with Gasteiger partial charge in [0.1, 0.15) is 6.54 Å². The Morgan fingerprint density at radius 1 is 1.17 bits per heavy atom. The number of ether oxygens (including phenoxy) is 1. The number of fused-ring (bicyclic) bond motifs is 1. The molecule has 5 heteroatoms. The van der Waals surface area contributed by atoms with Gasteiger partial charge in [-0.3, -0.25) is 4.79 Å². The average molecular weight is 310 g/mol. The van der Waals surface area contributed by atoms with Crippen LogP contribution in [0, 0.1) is 6.92 Å². The topological polar surface area (TPSA) is 58.6 Å². The van der Waals surface area contributed by atoms with Crippen LogP contribution in [-0.2, 0) is 16.1 Å². The first kappa shape index (κ1) is 15.1. The van der Waals surface area contributed by atoms with Gasteiger partial charge in [0.25, 0.3) is 0 Å². The molecule has 2 aromatic carbocycles. The molecule has 0 aliphatic carbocycles. The zero-order valence-electron chi connectivity index (χ0n) is 12.9. The van der Waals surface area contributed by atoms with Gasteiger partial charge in [-0.25, -0.2) is 4.79 Å². The third kappa shape index (κ3) is 3.69. The van der Waals surface area contributed by atoms with Crippen LogP contribution in [0.5, 0.6) is 5.75 Å². The highest BCUT2D eigenvalue weighted by molar-refractivity contribution is 5.89. The van der Waals surface area contributed by atoms with E-state index in [0.717, 1.165) is 11.3 Å². The third-order valence-corrected chi connectivity index (χ3v) is 3.69. The molecule has 1 aliphatic heterocycles. The van der Waals surface area contributed by atoms with Gasteiger partial charge < -0.3 is 15.0 Å².